The fourth-order valence-electron chi connectivity index (χ4n) is 0. The third-order valence-electron chi connectivity index (χ3n) is 0. The molecule has 0 aromatic heterocycles. The van der Waals surface area contributed by atoms with Gasteiger partial charge in [0.25, 0.3) is 0 Å². The first-order chi connectivity index (χ1) is 0. The minimum absolute atomic E-state index is 0. The van der Waals surface area contributed by atoms with E-state index in [2.05, 4.69) is 0 Å². The molecule has 48 valence electrons. The Balaban J connectivity index is 0. The molecular weight excluding hydrogens is 331 g/mol. The molecular formula is H4CeCl5N. The van der Waals surface area contributed by atoms with Gasteiger partial charge in [-0.05, 0) is 0 Å². The zero-order chi connectivity index (χ0) is 0. The topological polar surface area (TPSA) is 36.5 Å². The second-order valence-electron chi connectivity index (χ2n) is 0. The van der Waals surface area contributed by atoms with E-state index in [1.165, 1.54) is 0 Å². The van der Waals surface area contributed by atoms with Crippen LogP contribution in [0, 0.1) is 41.7 Å². The summed E-state index contributed by atoms with van der Waals surface area (Å²) in [5.41, 5.74) is 0. The van der Waals surface area contributed by atoms with Crippen molar-refractivity contribution in [2.75, 3.05) is 0 Å². The van der Waals surface area contributed by atoms with Gasteiger partial charge in [0.15, 0.2) is 0 Å². The van der Waals surface area contributed by atoms with Crippen molar-refractivity contribution in [3.8, 4) is 0 Å². The molecule has 0 heterocycles. The average Bonchev–Trinajstić information content (AvgIpc) is 0. The van der Waals surface area contributed by atoms with Crippen LogP contribution in [0.15, 0.2) is 0 Å². The van der Waals surface area contributed by atoms with Crippen LogP contribution in [-0.4, -0.2) is 0 Å². The van der Waals surface area contributed by atoms with E-state index in [0.717, 1.165) is 0 Å². The van der Waals surface area contributed by atoms with Gasteiger partial charge in [0.1, 0.15) is 0 Å². The summed E-state index contributed by atoms with van der Waals surface area (Å²) in [4.78, 5) is 0. The van der Waals surface area contributed by atoms with Crippen LogP contribution in [0.25, 0.3) is 0 Å². The zero-order valence-electron chi connectivity index (χ0n) is 3.39. The fourth-order valence-corrected chi connectivity index (χ4v) is 0. The monoisotopic (exact) mass is 333 g/mol. The van der Waals surface area contributed by atoms with Crippen molar-refractivity contribution in [2.45, 2.75) is 0 Å². The molecule has 0 aliphatic rings. The molecule has 1 nitrogen and oxygen atoms in total. The largest absolute Gasteiger partial charge is 4.00 e. The summed E-state index contributed by atoms with van der Waals surface area (Å²) >= 11 is 0. The van der Waals surface area contributed by atoms with E-state index in [0.29, 0.717) is 0 Å². The number of halogens is 5. The number of quaternary nitrogens is 1. The van der Waals surface area contributed by atoms with Crippen molar-refractivity contribution in [2.24, 2.45) is 0 Å². The maximum atomic E-state index is 0. The Hall–Kier alpha value is 2.79. The molecule has 7 heavy (non-hydrogen) atoms. The summed E-state index contributed by atoms with van der Waals surface area (Å²) in [5, 5.41) is 0. The van der Waals surface area contributed by atoms with Gasteiger partial charge in [0, 0.05) is 0 Å². The maximum absolute atomic E-state index is 0. The summed E-state index contributed by atoms with van der Waals surface area (Å²) in [6, 6.07) is 0. The van der Waals surface area contributed by atoms with E-state index in [9.17, 15) is 0 Å². The quantitative estimate of drug-likeness (QED) is 0.457. The predicted molar refractivity (Wildman–Crippen MR) is 5.98 cm³/mol. The number of hydrogen-bond acceptors (Lipinski definition) is 0. The molecule has 0 aromatic rings. The van der Waals surface area contributed by atoms with Gasteiger partial charge < -0.3 is 68.2 Å². The van der Waals surface area contributed by atoms with Crippen LogP contribution in [0.4, 0.5) is 0 Å². The summed E-state index contributed by atoms with van der Waals surface area (Å²) in [5.74, 6) is 0. The molecule has 0 rings (SSSR count). The molecule has 0 atom stereocenters. The van der Waals surface area contributed by atoms with Gasteiger partial charge in [0.2, 0.25) is 0 Å². The van der Waals surface area contributed by atoms with Crippen molar-refractivity contribution < 1.29 is 104 Å². The van der Waals surface area contributed by atoms with Crippen LogP contribution in [0.1, 0.15) is 0 Å². The first kappa shape index (κ1) is 97.3. The molecule has 7 heteroatoms. The second-order valence-corrected chi connectivity index (χ2v) is 0. The molecule has 0 amide bonds. The Bertz CT molecular complexity index is 8.04. The molecule has 0 fully saturated rings. The first-order valence-corrected chi connectivity index (χ1v) is 0. The van der Waals surface area contributed by atoms with E-state index >= 15 is 0 Å². The van der Waals surface area contributed by atoms with Gasteiger partial charge in [-0.25, -0.2) is 0 Å². The molecule has 0 radical (unpaired) electrons. The van der Waals surface area contributed by atoms with Crippen molar-refractivity contribution in [3.05, 3.63) is 0 Å². The molecule has 0 saturated carbocycles. The van der Waals surface area contributed by atoms with Crippen LogP contribution in [0.5, 0.6) is 0 Å². The molecule has 4 N–H and O–H groups in total. The summed E-state index contributed by atoms with van der Waals surface area (Å²) < 4.78 is 0. The number of hydrogen-bond donors (Lipinski definition) is 1. The van der Waals surface area contributed by atoms with Crippen LogP contribution >= 0.6 is 0 Å². The Labute approximate surface area is 108 Å². The normalized spacial score (nSPS) is 0. The van der Waals surface area contributed by atoms with Gasteiger partial charge in [0.05, 0.1) is 0 Å². The zero-order valence-corrected chi connectivity index (χ0v) is 10.3. The van der Waals surface area contributed by atoms with Crippen molar-refractivity contribution in [3.63, 3.8) is 0 Å². The van der Waals surface area contributed by atoms with Gasteiger partial charge in [-0.15, -0.1) is 0 Å². The number of rotatable bonds is 0. The Morgan fingerprint density at radius 3 is 0.429 bits per heavy atom. The summed E-state index contributed by atoms with van der Waals surface area (Å²) in [6.07, 6.45) is 0. The molecule has 0 aliphatic heterocycles. The van der Waals surface area contributed by atoms with Crippen molar-refractivity contribution in [1.82, 2.24) is 6.15 Å². The molecule has 0 aliphatic carbocycles. The minimum Gasteiger partial charge on any atom is -1.00 e. The van der Waals surface area contributed by atoms with Crippen molar-refractivity contribution in [1.29, 1.82) is 0 Å². The van der Waals surface area contributed by atoms with E-state index in [-0.39, 0.29) is 110 Å². The van der Waals surface area contributed by atoms with Gasteiger partial charge in [-0.1, -0.05) is 0 Å². The van der Waals surface area contributed by atoms with E-state index in [4.69, 9.17) is 0 Å². The third kappa shape index (κ3) is 52.1. The molecule has 0 saturated heterocycles. The Kier molecular flexibility index (Phi) is 954. The first-order valence-electron chi connectivity index (χ1n) is 0. The Morgan fingerprint density at radius 2 is 0.429 bits per heavy atom. The minimum atomic E-state index is 0. The van der Waals surface area contributed by atoms with Crippen LogP contribution < -0.4 is 68.2 Å². The summed E-state index contributed by atoms with van der Waals surface area (Å²) in [7, 11) is 0. The van der Waals surface area contributed by atoms with Crippen LogP contribution in [0.3, 0.4) is 0 Å². The maximum Gasteiger partial charge on any atom is 4.00 e. The summed E-state index contributed by atoms with van der Waals surface area (Å²) in [6.45, 7) is 0. The molecule has 0 aromatic carbocycles. The Morgan fingerprint density at radius 1 is 0.429 bits per heavy atom. The van der Waals surface area contributed by atoms with E-state index in [1.54, 1.807) is 0 Å². The van der Waals surface area contributed by atoms with E-state index in [1.807, 2.05) is 0 Å². The third-order valence-corrected chi connectivity index (χ3v) is 0. The fraction of sp³-hybridized carbons (Fsp3) is 0. The molecule has 0 bridgehead atoms. The smallest absolute Gasteiger partial charge is 1.00 e. The van der Waals surface area contributed by atoms with Crippen LogP contribution in [-0.2, 0) is 0 Å². The van der Waals surface area contributed by atoms with Gasteiger partial charge in [-0.3, -0.25) is 0 Å². The average molecular weight is 335 g/mol. The standard InChI is InChI=1S/Ce.5ClH.H3N/h;5*1H;1H3/q+4;;;;;;/p-4. The predicted octanol–water partition coefficient (Wildman–Crippen LogP) is -14.6. The van der Waals surface area contributed by atoms with E-state index < -0.39 is 0 Å². The van der Waals surface area contributed by atoms with Gasteiger partial charge in [-0.2, -0.15) is 0 Å². The SMILES string of the molecule is [Ce+4].[Cl-].[Cl-].[Cl-].[Cl-].[Cl-].[NH4+]. The second kappa shape index (κ2) is 68.6. The molecule has 0 unspecified atom stereocenters. The van der Waals surface area contributed by atoms with Gasteiger partial charge >= 0.3 is 41.7 Å². The van der Waals surface area contributed by atoms with Crippen LogP contribution in [0.2, 0.25) is 0 Å². The molecule has 0 spiro atoms. The van der Waals surface area contributed by atoms with Crippen molar-refractivity contribution >= 4 is 0 Å².